The van der Waals surface area contributed by atoms with E-state index in [1.165, 1.54) is 0 Å². The highest BCUT2D eigenvalue weighted by atomic mass is 16.3. The van der Waals surface area contributed by atoms with Crippen LogP contribution in [0, 0.1) is 0 Å². The van der Waals surface area contributed by atoms with Crippen LogP contribution in [-0.2, 0) is 11.2 Å². The van der Waals surface area contributed by atoms with Crippen molar-refractivity contribution in [2.45, 2.75) is 32.2 Å². The van der Waals surface area contributed by atoms with Crippen LogP contribution in [0.4, 0.5) is 0 Å². The summed E-state index contributed by atoms with van der Waals surface area (Å²) in [5.41, 5.74) is 6.86. The zero-order chi connectivity index (χ0) is 13.5. The van der Waals surface area contributed by atoms with E-state index in [-0.39, 0.29) is 11.7 Å². The first-order valence-electron chi connectivity index (χ1n) is 6.33. The molecule has 1 rings (SSSR count). The molecule has 1 atom stereocenters. The van der Waals surface area contributed by atoms with Crippen LogP contribution in [0.15, 0.2) is 24.3 Å². The average molecular weight is 250 g/mol. The lowest BCUT2D eigenvalue weighted by Crippen LogP contribution is -2.43. The van der Waals surface area contributed by atoms with Gasteiger partial charge in [-0.15, -0.1) is 0 Å². The molecule has 4 nitrogen and oxygen atoms in total. The molecule has 1 aromatic rings. The summed E-state index contributed by atoms with van der Waals surface area (Å²) >= 11 is 0. The van der Waals surface area contributed by atoms with Crippen molar-refractivity contribution in [2.75, 3.05) is 13.6 Å². The maximum atomic E-state index is 12.0. The van der Waals surface area contributed by atoms with Crippen molar-refractivity contribution in [2.24, 2.45) is 5.73 Å². The number of nitrogens with two attached hydrogens (primary N) is 1. The highest BCUT2D eigenvalue weighted by Gasteiger charge is 2.17. The number of rotatable bonds is 6. The van der Waals surface area contributed by atoms with Gasteiger partial charge in [0.25, 0.3) is 0 Å². The maximum Gasteiger partial charge on any atom is 0.239 e. The van der Waals surface area contributed by atoms with Crippen LogP contribution in [0.5, 0.6) is 5.75 Å². The van der Waals surface area contributed by atoms with Gasteiger partial charge in [-0.2, -0.15) is 0 Å². The molecule has 0 radical (unpaired) electrons. The van der Waals surface area contributed by atoms with Gasteiger partial charge in [-0.05, 0) is 30.5 Å². The Morgan fingerprint density at radius 3 is 2.56 bits per heavy atom. The molecular formula is C14H22N2O2. The van der Waals surface area contributed by atoms with E-state index >= 15 is 0 Å². The molecule has 1 aromatic carbocycles. The SMILES string of the molecule is CCCCN(C)C(=O)C(N)Cc1ccc(O)cc1. The minimum absolute atomic E-state index is 0.0310. The molecule has 0 saturated heterocycles. The van der Waals surface area contributed by atoms with Gasteiger partial charge in [-0.25, -0.2) is 0 Å². The third-order valence-corrected chi connectivity index (χ3v) is 2.93. The highest BCUT2D eigenvalue weighted by molar-refractivity contribution is 5.81. The Bertz CT molecular complexity index is 376. The fourth-order valence-electron chi connectivity index (χ4n) is 1.76. The second kappa shape index (κ2) is 7.01. The van der Waals surface area contributed by atoms with Gasteiger partial charge in [-0.3, -0.25) is 4.79 Å². The van der Waals surface area contributed by atoms with Gasteiger partial charge >= 0.3 is 0 Å². The van der Waals surface area contributed by atoms with Gasteiger partial charge in [-0.1, -0.05) is 25.5 Å². The Morgan fingerprint density at radius 2 is 2.00 bits per heavy atom. The molecule has 0 saturated carbocycles. The minimum Gasteiger partial charge on any atom is -0.508 e. The molecule has 0 bridgehead atoms. The number of hydrogen-bond acceptors (Lipinski definition) is 3. The predicted molar refractivity (Wildman–Crippen MR) is 72.3 cm³/mol. The summed E-state index contributed by atoms with van der Waals surface area (Å²) < 4.78 is 0. The third-order valence-electron chi connectivity index (χ3n) is 2.93. The molecule has 0 aliphatic heterocycles. The number of carbonyl (C=O) groups is 1. The highest BCUT2D eigenvalue weighted by Crippen LogP contribution is 2.11. The van der Waals surface area contributed by atoms with Crippen molar-refractivity contribution < 1.29 is 9.90 Å². The van der Waals surface area contributed by atoms with Crippen LogP contribution in [0.1, 0.15) is 25.3 Å². The first-order valence-corrected chi connectivity index (χ1v) is 6.33. The van der Waals surface area contributed by atoms with E-state index in [4.69, 9.17) is 5.73 Å². The third kappa shape index (κ3) is 4.37. The number of benzene rings is 1. The van der Waals surface area contributed by atoms with Crippen molar-refractivity contribution in [3.63, 3.8) is 0 Å². The van der Waals surface area contributed by atoms with Crippen LogP contribution in [0.2, 0.25) is 0 Å². The van der Waals surface area contributed by atoms with Crippen LogP contribution in [0.25, 0.3) is 0 Å². The zero-order valence-electron chi connectivity index (χ0n) is 11.1. The first kappa shape index (κ1) is 14.5. The summed E-state index contributed by atoms with van der Waals surface area (Å²) in [5, 5.41) is 9.18. The van der Waals surface area contributed by atoms with Crippen LogP contribution >= 0.6 is 0 Å². The number of phenolic OH excluding ortho intramolecular Hbond substituents is 1. The zero-order valence-corrected chi connectivity index (χ0v) is 11.1. The Hall–Kier alpha value is -1.55. The molecule has 3 N–H and O–H groups in total. The maximum absolute atomic E-state index is 12.0. The molecule has 1 unspecified atom stereocenters. The fraction of sp³-hybridized carbons (Fsp3) is 0.500. The molecular weight excluding hydrogens is 228 g/mol. The topological polar surface area (TPSA) is 66.6 Å². The Labute approximate surface area is 108 Å². The molecule has 0 aliphatic carbocycles. The molecule has 0 aromatic heterocycles. The summed E-state index contributed by atoms with van der Waals surface area (Å²) in [4.78, 5) is 13.7. The fourth-order valence-corrected chi connectivity index (χ4v) is 1.76. The van der Waals surface area contributed by atoms with Crippen LogP contribution < -0.4 is 5.73 Å². The van der Waals surface area contributed by atoms with Gasteiger partial charge in [0.1, 0.15) is 5.75 Å². The molecule has 1 amide bonds. The second-order valence-electron chi connectivity index (χ2n) is 4.59. The van der Waals surface area contributed by atoms with Gasteiger partial charge in [0.2, 0.25) is 5.91 Å². The van der Waals surface area contributed by atoms with Gasteiger partial charge < -0.3 is 15.7 Å². The average Bonchev–Trinajstić information content (AvgIpc) is 2.37. The molecule has 100 valence electrons. The molecule has 18 heavy (non-hydrogen) atoms. The number of hydrogen-bond donors (Lipinski definition) is 2. The molecule has 4 heteroatoms. The molecule has 0 spiro atoms. The van der Waals surface area contributed by atoms with Crippen molar-refractivity contribution in [1.82, 2.24) is 4.90 Å². The second-order valence-corrected chi connectivity index (χ2v) is 4.59. The quantitative estimate of drug-likeness (QED) is 0.804. The van der Waals surface area contributed by atoms with E-state index in [1.54, 1.807) is 36.2 Å². The standard InChI is InChI=1S/C14H22N2O2/c1-3-4-9-16(2)14(18)13(15)10-11-5-7-12(17)8-6-11/h5-8,13,17H,3-4,9-10,15H2,1-2H3. The lowest BCUT2D eigenvalue weighted by Gasteiger charge is -2.21. The lowest BCUT2D eigenvalue weighted by atomic mass is 10.1. The summed E-state index contributed by atoms with van der Waals surface area (Å²) in [6.45, 7) is 2.84. The Kier molecular flexibility index (Phi) is 5.65. The Morgan fingerprint density at radius 1 is 1.39 bits per heavy atom. The van der Waals surface area contributed by atoms with E-state index in [9.17, 15) is 9.90 Å². The van der Waals surface area contributed by atoms with Crippen LogP contribution in [0.3, 0.4) is 0 Å². The molecule has 0 heterocycles. The van der Waals surface area contributed by atoms with E-state index in [2.05, 4.69) is 6.92 Å². The number of aromatic hydroxyl groups is 1. The molecule has 0 fully saturated rings. The van der Waals surface area contributed by atoms with Crippen LogP contribution in [-0.4, -0.2) is 35.5 Å². The number of nitrogens with zero attached hydrogens (tertiary/aromatic N) is 1. The van der Waals surface area contributed by atoms with Crippen molar-refractivity contribution in [1.29, 1.82) is 0 Å². The number of phenols is 1. The largest absolute Gasteiger partial charge is 0.508 e. The predicted octanol–water partition coefficient (Wildman–Crippen LogP) is 1.52. The number of unbranched alkanes of at least 4 members (excludes halogenated alkanes) is 1. The normalized spacial score (nSPS) is 12.2. The van der Waals surface area contributed by atoms with Gasteiger partial charge in [0.05, 0.1) is 6.04 Å². The Balaban J connectivity index is 2.51. The minimum atomic E-state index is -0.517. The summed E-state index contributed by atoms with van der Waals surface area (Å²) in [6, 6.07) is 6.26. The van der Waals surface area contributed by atoms with Crippen molar-refractivity contribution in [3.8, 4) is 5.75 Å². The van der Waals surface area contributed by atoms with E-state index in [1.807, 2.05) is 0 Å². The van der Waals surface area contributed by atoms with E-state index < -0.39 is 6.04 Å². The first-order chi connectivity index (χ1) is 8.54. The monoisotopic (exact) mass is 250 g/mol. The van der Waals surface area contributed by atoms with Crippen molar-refractivity contribution in [3.05, 3.63) is 29.8 Å². The van der Waals surface area contributed by atoms with E-state index in [0.29, 0.717) is 6.42 Å². The summed E-state index contributed by atoms with van der Waals surface area (Å²) in [6.07, 6.45) is 2.55. The van der Waals surface area contributed by atoms with Crippen molar-refractivity contribution >= 4 is 5.91 Å². The summed E-state index contributed by atoms with van der Waals surface area (Å²) in [5.74, 6) is 0.190. The number of likely N-dealkylation sites (N-methyl/N-ethyl adjacent to an activating group) is 1. The van der Waals surface area contributed by atoms with Gasteiger partial charge in [0.15, 0.2) is 0 Å². The van der Waals surface area contributed by atoms with Gasteiger partial charge in [0, 0.05) is 13.6 Å². The summed E-state index contributed by atoms with van der Waals surface area (Å²) in [7, 11) is 1.79. The lowest BCUT2D eigenvalue weighted by molar-refractivity contribution is -0.131. The van der Waals surface area contributed by atoms with E-state index in [0.717, 1.165) is 24.9 Å². The smallest absolute Gasteiger partial charge is 0.239 e. The number of carbonyl (C=O) groups excluding carboxylic acids is 1. The number of amides is 1. The molecule has 0 aliphatic rings.